The van der Waals surface area contributed by atoms with E-state index in [4.69, 9.17) is 0 Å². The number of amides is 1. The Morgan fingerprint density at radius 1 is 0.968 bits per heavy atom. The van der Waals surface area contributed by atoms with Crippen LogP contribution in [0.1, 0.15) is 35.2 Å². The third-order valence-corrected chi connectivity index (χ3v) is 7.70. The molecule has 1 aromatic carbocycles. The van der Waals surface area contributed by atoms with Crippen LogP contribution in [-0.2, 0) is 10.0 Å². The molecule has 0 unspecified atom stereocenters. The van der Waals surface area contributed by atoms with Crippen molar-refractivity contribution in [2.75, 3.05) is 44.2 Å². The lowest BCUT2D eigenvalue weighted by molar-refractivity contribution is 0.0746. The van der Waals surface area contributed by atoms with Crippen molar-refractivity contribution < 1.29 is 13.2 Å². The van der Waals surface area contributed by atoms with Crippen LogP contribution in [0.2, 0.25) is 0 Å². The highest BCUT2D eigenvalue weighted by molar-refractivity contribution is 7.89. The first-order valence-electron chi connectivity index (χ1n) is 10.5. The second-order valence-electron chi connectivity index (χ2n) is 7.76. The van der Waals surface area contributed by atoms with Crippen molar-refractivity contribution in [3.63, 3.8) is 0 Å². The molecule has 3 heterocycles. The predicted molar refractivity (Wildman–Crippen MR) is 116 cm³/mol. The number of hydrogen-bond donors (Lipinski definition) is 0. The normalized spacial score (nSPS) is 17.9. The van der Waals surface area contributed by atoms with Gasteiger partial charge < -0.3 is 9.80 Å². The van der Waals surface area contributed by atoms with E-state index in [1.165, 1.54) is 10.4 Å². The van der Waals surface area contributed by atoms with Crippen molar-refractivity contribution in [3.8, 4) is 6.07 Å². The second-order valence-corrected chi connectivity index (χ2v) is 9.70. The van der Waals surface area contributed by atoms with E-state index in [2.05, 4.69) is 11.1 Å². The van der Waals surface area contributed by atoms with E-state index in [0.29, 0.717) is 56.2 Å². The molecule has 0 aliphatic carbocycles. The van der Waals surface area contributed by atoms with Crippen molar-refractivity contribution in [3.05, 3.63) is 53.7 Å². The molecule has 9 heteroatoms. The van der Waals surface area contributed by atoms with Crippen molar-refractivity contribution in [2.45, 2.75) is 24.2 Å². The molecule has 2 fully saturated rings. The number of carbonyl (C=O) groups excluding carboxylic acids is 1. The van der Waals surface area contributed by atoms with Gasteiger partial charge in [0, 0.05) is 51.0 Å². The summed E-state index contributed by atoms with van der Waals surface area (Å²) < 4.78 is 27.4. The molecule has 2 saturated heterocycles. The van der Waals surface area contributed by atoms with Crippen LogP contribution in [0, 0.1) is 11.3 Å². The SMILES string of the molecule is N#Cc1cccnc1N1CCN(C(=O)c2cccc(S(=O)(=O)N3CCCCC3)c2)CC1. The summed E-state index contributed by atoms with van der Waals surface area (Å²) in [5.41, 5.74) is 0.889. The quantitative estimate of drug-likeness (QED) is 0.724. The molecule has 4 rings (SSSR count). The van der Waals surface area contributed by atoms with Gasteiger partial charge in [-0.2, -0.15) is 9.57 Å². The van der Waals surface area contributed by atoms with Crippen LogP contribution in [0.5, 0.6) is 0 Å². The summed E-state index contributed by atoms with van der Waals surface area (Å²) in [4.78, 5) is 21.3. The zero-order valence-corrected chi connectivity index (χ0v) is 18.1. The number of rotatable bonds is 4. The first kappa shape index (κ1) is 21.3. The minimum Gasteiger partial charge on any atom is -0.352 e. The lowest BCUT2D eigenvalue weighted by Crippen LogP contribution is -2.49. The standard InChI is InChI=1S/C22H25N5O3S/c23-17-19-7-5-9-24-21(19)25-12-14-26(15-13-25)22(28)18-6-4-8-20(16-18)31(29,30)27-10-2-1-3-11-27/h4-9,16H,1-3,10-15H2. The zero-order chi connectivity index (χ0) is 21.8. The van der Waals surface area contributed by atoms with E-state index < -0.39 is 10.0 Å². The van der Waals surface area contributed by atoms with Crippen LogP contribution in [0.4, 0.5) is 5.82 Å². The van der Waals surface area contributed by atoms with Crippen LogP contribution in [0.3, 0.4) is 0 Å². The Labute approximate surface area is 182 Å². The summed E-state index contributed by atoms with van der Waals surface area (Å²) in [5, 5.41) is 9.29. The summed E-state index contributed by atoms with van der Waals surface area (Å²) in [7, 11) is -3.59. The maximum absolute atomic E-state index is 13.1. The number of carbonyl (C=O) groups is 1. The van der Waals surface area contributed by atoms with Crippen LogP contribution in [0.15, 0.2) is 47.5 Å². The Kier molecular flexibility index (Phi) is 6.20. The van der Waals surface area contributed by atoms with E-state index >= 15 is 0 Å². The molecule has 0 atom stereocenters. The molecule has 0 N–H and O–H groups in total. The molecule has 0 spiro atoms. The van der Waals surface area contributed by atoms with Gasteiger partial charge in [0.2, 0.25) is 10.0 Å². The van der Waals surface area contributed by atoms with E-state index in [0.717, 1.165) is 19.3 Å². The van der Waals surface area contributed by atoms with Crippen LogP contribution < -0.4 is 4.90 Å². The highest BCUT2D eigenvalue weighted by Crippen LogP contribution is 2.23. The van der Waals surface area contributed by atoms with Gasteiger partial charge >= 0.3 is 0 Å². The number of nitriles is 1. The first-order valence-corrected chi connectivity index (χ1v) is 11.9. The van der Waals surface area contributed by atoms with Gasteiger partial charge in [0.1, 0.15) is 11.9 Å². The molecule has 8 nitrogen and oxygen atoms in total. The maximum atomic E-state index is 13.1. The highest BCUT2D eigenvalue weighted by Gasteiger charge is 2.28. The molecule has 1 amide bonds. The van der Waals surface area contributed by atoms with Gasteiger partial charge in [-0.3, -0.25) is 4.79 Å². The van der Waals surface area contributed by atoms with Gasteiger partial charge in [-0.1, -0.05) is 12.5 Å². The number of benzene rings is 1. The molecule has 31 heavy (non-hydrogen) atoms. The molecule has 0 radical (unpaired) electrons. The number of nitrogens with zero attached hydrogens (tertiary/aromatic N) is 5. The molecule has 2 aromatic rings. The van der Waals surface area contributed by atoms with E-state index in [1.54, 1.807) is 41.4 Å². The predicted octanol–water partition coefficient (Wildman–Crippen LogP) is 2.09. The number of pyridine rings is 1. The van der Waals surface area contributed by atoms with Crippen molar-refractivity contribution in [1.29, 1.82) is 5.26 Å². The number of anilines is 1. The Bertz CT molecular complexity index is 1100. The lowest BCUT2D eigenvalue weighted by atomic mass is 10.1. The lowest BCUT2D eigenvalue weighted by Gasteiger charge is -2.35. The fourth-order valence-electron chi connectivity index (χ4n) is 4.08. The number of sulfonamides is 1. The number of hydrogen-bond acceptors (Lipinski definition) is 6. The van der Waals surface area contributed by atoms with Crippen molar-refractivity contribution in [2.24, 2.45) is 0 Å². The first-order chi connectivity index (χ1) is 15.0. The Hall–Kier alpha value is -2.96. The van der Waals surface area contributed by atoms with Gasteiger partial charge in [-0.05, 0) is 43.2 Å². The van der Waals surface area contributed by atoms with E-state index in [1.807, 2.05) is 4.90 Å². The van der Waals surface area contributed by atoms with Gasteiger partial charge in [0.05, 0.1) is 10.5 Å². The summed E-state index contributed by atoms with van der Waals surface area (Å²) in [6.45, 7) is 3.13. The molecule has 162 valence electrons. The number of piperidine rings is 1. The summed E-state index contributed by atoms with van der Waals surface area (Å²) in [6.07, 6.45) is 4.44. The fraction of sp³-hybridized carbons (Fsp3) is 0.409. The largest absolute Gasteiger partial charge is 0.352 e. The average molecular weight is 440 g/mol. The summed E-state index contributed by atoms with van der Waals surface area (Å²) in [6, 6.07) is 12.0. The van der Waals surface area contributed by atoms with Gasteiger partial charge in [-0.15, -0.1) is 0 Å². The molecule has 1 aromatic heterocycles. The third kappa shape index (κ3) is 4.40. The Balaban J connectivity index is 1.46. The van der Waals surface area contributed by atoms with E-state index in [-0.39, 0.29) is 10.8 Å². The Morgan fingerprint density at radius 3 is 2.42 bits per heavy atom. The van der Waals surface area contributed by atoms with Gasteiger partial charge in [0.25, 0.3) is 5.91 Å². The Morgan fingerprint density at radius 2 is 1.71 bits per heavy atom. The van der Waals surface area contributed by atoms with Crippen molar-refractivity contribution >= 4 is 21.7 Å². The third-order valence-electron chi connectivity index (χ3n) is 5.81. The molecular formula is C22H25N5O3S. The monoisotopic (exact) mass is 439 g/mol. The van der Waals surface area contributed by atoms with Gasteiger partial charge in [0.15, 0.2) is 0 Å². The summed E-state index contributed by atoms with van der Waals surface area (Å²) >= 11 is 0. The molecule has 0 bridgehead atoms. The smallest absolute Gasteiger partial charge is 0.254 e. The molecule has 0 saturated carbocycles. The maximum Gasteiger partial charge on any atom is 0.254 e. The topological polar surface area (TPSA) is 97.6 Å². The zero-order valence-electron chi connectivity index (χ0n) is 17.3. The van der Waals surface area contributed by atoms with Gasteiger partial charge in [-0.25, -0.2) is 13.4 Å². The number of piperazine rings is 1. The van der Waals surface area contributed by atoms with Crippen molar-refractivity contribution in [1.82, 2.24) is 14.2 Å². The highest BCUT2D eigenvalue weighted by atomic mass is 32.2. The fourth-order valence-corrected chi connectivity index (χ4v) is 5.65. The minimum atomic E-state index is -3.59. The molecule has 2 aliphatic rings. The number of aromatic nitrogens is 1. The summed E-state index contributed by atoms with van der Waals surface area (Å²) in [5.74, 6) is 0.448. The van der Waals surface area contributed by atoms with Crippen LogP contribution in [0.25, 0.3) is 0 Å². The van der Waals surface area contributed by atoms with Crippen LogP contribution in [-0.4, -0.2) is 67.8 Å². The molecule has 2 aliphatic heterocycles. The molecular weight excluding hydrogens is 414 g/mol. The minimum absolute atomic E-state index is 0.172. The van der Waals surface area contributed by atoms with Crippen LogP contribution >= 0.6 is 0 Å². The average Bonchev–Trinajstić information content (AvgIpc) is 2.84. The second kappa shape index (κ2) is 9.04. The van der Waals surface area contributed by atoms with E-state index in [9.17, 15) is 18.5 Å².